The molecular weight excluding hydrogens is 409 g/mol. The molecule has 0 spiro atoms. The van der Waals surface area contributed by atoms with Crippen LogP contribution in [0, 0.1) is 5.82 Å². The highest BCUT2D eigenvalue weighted by Crippen LogP contribution is 2.22. The predicted molar refractivity (Wildman–Crippen MR) is 127 cm³/mol. The molecule has 1 fully saturated rings. The van der Waals surface area contributed by atoms with Crippen LogP contribution in [0.25, 0.3) is 10.9 Å². The lowest BCUT2D eigenvalue weighted by Gasteiger charge is -2.26. The van der Waals surface area contributed by atoms with Crippen LogP contribution in [0.15, 0.2) is 53.6 Å². The summed E-state index contributed by atoms with van der Waals surface area (Å²) in [5.74, 6) is 0.756. The van der Waals surface area contributed by atoms with Gasteiger partial charge in [-0.25, -0.2) is 4.39 Å². The number of nitrogens with zero attached hydrogens (tertiary/aromatic N) is 1. The molecule has 1 aliphatic rings. The summed E-state index contributed by atoms with van der Waals surface area (Å²) < 4.78 is 22.8. The van der Waals surface area contributed by atoms with Crippen molar-refractivity contribution in [3.63, 3.8) is 0 Å². The van der Waals surface area contributed by atoms with Gasteiger partial charge in [0.1, 0.15) is 11.6 Å². The summed E-state index contributed by atoms with van der Waals surface area (Å²) in [5, 5.41) is 0.985. The van der Waals surface area contributed by atoms with Crippen LogP contribution in [0.3, 0.4) is 0 Å². The summed E-state index contributed by atoms with van der Waals surface area (Å²) >= 11 is 1.64. The third kappa shape index (κ3) is 6.73. The number of benzene rings is 2. The molecule has 1 aliphatic heterocycles. The van der Waals surface area contributed by atoms with Crippen molar-refractivity contribution < 1.29 is 9.13 Å². The van der Waals surface area contributed by atoms with E-state index in [1.165, 1.54) is 48.9 Å². The molecule has 4 nitrogen and oxygen atoms in total. The number of hydrogen-bond acceptors (Lipinski definition) is 4. The molecular formula is C25H32FN3OS. The maximum atomic E-state index is 13.5. The van der Waals surface area contributed by atoms with Crippen LogP contribution in [0.2, 0.25) is 0 Å². The summed E-state index contributed by atoms with van der Waals surface area (Å²) in [6.45, 7) is 5.31. The zero-order valence-corrected chi connectivity index (χ0v) is 18.9. The molecule has 2 heterocycles. The third-order valence-corrected chi connectivity index (χ3v) is 6.66. The quantitative estimate of drug-likeness (QED) is 0.292. The molecule has 6 heteroatoms. The van der Waals surface area contributed by atoms with Crippen molar-refractivity contribution in [1.82, 2.24) is 14.6 Å². The zero-order chi connectivity index (χ0) is 21.3. The van der Waals surface area contributed by atoms with Crippen molar-refractivity contribution >= 4 is 22.9 Å². The van der Waals surface area contributed by atoms with Crippen LogP contribution in [0.5, 0.6) is 5.75 Å². The highest BCUT2D eigenvalue weighted by Gasteiger charge is 2.09. The molecule has 1 saturated heterocycles. The molecule has 2 N–H and O–H groups in total. The highest BCUT2D eigenvalue weighted by atomic mass is 32.2. The minimum absolute atomic E-state index is 0.184. The van der Waals surface area contributed by atoms with E-state index in [4.69, 9.17) is 4.74 Å². The van der Waals surface area contributed by atoms with E-state index in [0.29, 0.717) is 0 Å². The van der Waals surface area contributed by atoms with Gasteiger partial charge in [0.25, 0.3) is 0 Å². The lowest BCUT2D eigenvalue weighted by molar-refractivity contribution is 0.205. The van der Waals surface area contributed by atoms with E-state index in [9.17, 15) is 4.39 Å². The number of likely N-dealkylation sites (tertiary alicyclic amines) is 1. The van der Waals surface area contributed by atoms with Crippen molar-refractivity contribution in [1.29, 1.82) is 0 Å². The second kappa shape index (κ2) is 11.6. The van der Waals surface area contributed by atoms with Gasteiger partial charge in [-0.15, -0.1) is 0 Å². The lowest BCUT2D eigenvalue weighted by Crippen LogP contribution is -2.31. The maximum absolute atomic E-state index is 13.5. The standard InChI is InChI=1S/C25H32FN3OS/c26-21-7-12-25-24(18-21)20(19-27-25)6-4-13-28-31-23-10-8-22(9-11-23)30-17-5-16-29-14-2-1-3-15-29/h7-12,18-19,27-28H,1-6,13-17H2. The molecule has 0 atom stereocenters. The van der Waals surface area contributed by atoms with Crippen LogP contribution in [0.4, 0.5) is 4.39 Å². The van der Waals surface area contributed by atoms with E-state index in [1.54, 1.807) is 24.1 Å². The van der Waals surface area contributed by atoms with Crippen LogP contribution in [-0.2, 0) is 6.42 Å². The van der Waals surface area contributed by atoms with Crippen molar-refractivity contribution in [2.24, 2.45) is 0 Å². The fraction of sp³-hybridized carbons (Fsp3) is 0.440. The van der Waals surface area contributed by atoms with Gasteiger partial charge in [0.2, 0.25) is 0 Å². The molecule has 0 radical (unpaired) electrons. The SMILES string of the molecule is Fc1ccc2[nH]cc(CCCNSc3ccc(OCCCN4CCCCC4)cc3)c2c1. The number of piperidine rings is 1. The Bertz CT molecular complexity index is 938. The minimum atomic E-state index is -0.184. The minimum Gasteiger partial charge on any atom is -0.494 e. The first-order valence-electron chi connectivity index (χ1n) is 11.4. The van der Waals surface area contributed by atoms with Crippen LogP contribution < -0.4 is 9.46 Å². The summed E-state index contributed by atoms with van der Waals surface area (Å²) in [6.07, 6.45) is 9.06. The number of aryl methyl sites for hydroxylation is 1. The fourth-order valence-corrected chi connectivity index (χ4v) is 4.79. The number of aromatic nitrogens is 1. The first kappa shape index (κ1) is 22.2. The summed E-state index contributed by atoms with van der Waals surface area (Å²) in [5.41, 5.74) is 2.16. The van der Waals surface area contributed by atoms with Gasteiger partial charge in [0.15, 0.2) is 0 Å². The predicted octanol–water partition coefficient (Wildman–Crippen LogP) is 5.79. The van der Waals surface area contributed by atoms with E-state index >= 15 is 0 Å². The smallest absolute Gasteiger partial charge is 0.123 e. The molecule has 0 aliphatic carbocycles. The van der Waals surface area contributed by atoms with Crippen molar-refractivity contribution in [2.75, 3.05) is 32.8 Å². The Hall–Kier alpha value is -2.02. The second-order valence-electron chi connectivity index (χ2n) is 8.18. The molecule has 3 aromatic rings. The Morgan fingerprint density at radius 3 is 2.71 bits per heavy atom. The van der Waals surface area contributed by atoms with Gasteiger partial charge in [0, 0.05) is 35.1 Å². The van der Waals surface area contributed by atoms with E-state index in [0.717, 1.165) is 55.6 Å². The van der Waals surface area contributed by atoms with Crippen molar-refractivity contribution in [2.45, 2.75) is 43.4 Å². The van der Waals surface area contributed by atoms with Crippen LogP contribution in [-0.4, -0.2) is 42.7 Å². The molecule has 0 amide bonds. The zero-order valence-electron chi connectivity index (χ0n) is 18.0. The lowest BCUT2D eigenvalue weighted by atomic mass is 10.1. The molecule has 0 bridgehead atoms. The van der Waals surface area contributed by atoms with Gasteiger partial charge in [-0.1, -0.05) is 6.42 Å². The van der Waals surface area contributed by atoms with Gasteiger partial charge in [-0.3, -0.25) is 4.72 Å². The Balaban J connectivity index is 1.11. The van der Waals surface area contributed by atoms with Crippen LogP contribution >= 0.6 is 11.9 Å². The van der Waals surface area contributed by atoms with Crippen LogP contribution in [0.1, 0.15) is 37.7 Å². The van der Waals surface area contributed by atoms with Crippen molar-refractivity contribution in [3.05, 3.63) is 60.0 Å². The van der Waals surface area contributed by atoms with Gasteiger partial charge in [-0.05, 0) is 105 Å². The van der Waals surface area contributed by atoms with Crippen molar-refractivity contribution in [3.8, 4) is 5.75 Å². The Morgan fingerprint density at radius 2 is 1.87 bits per heavy atom. The molecule has 4 rings (SSSR count). The molecule has 0 unspecified atom stereocenters. The number of hydrogen-bond donors (Lipinski definition) is 2. The Kier molecular flexibility index (Phi) is 8.27. The normalized spacial score (nSPS) is 14.9. The number of ether oxygens (including phenoxy) is 1. The van der Waals surface area contributed by atoms with Gasteiger partial charge in [0.05, 0.1) is 6.61 Å². The number of aromatic amines is 1. The van der Waals surface area contributed by atoms with E-state index < -0.39 is 0 Å². The summed E-state index contributed by atoms with van der Waals surface area (Å²) in [7, 11) is 0. The van der Waals surface area contributed by atoms with Gasteiger partial charge < -0.3 is 14.6 Å². The third-order valence-electron chi connectivity index (χ3n) is 5.80. The van der Waals surface area contributed by atoms with E-state index in [2.05, 4.69) is 26.7 Å². The average molecular weight is 442 g/mol. The largest absolute Gasteiger partial charge is 0.494 e. The number of nitrogens with one attached hydrogen (secondary N) is 2. The monoisotopic (exact) mass is 441 g/mol. The summed E-state index contributed by atoms with van der Waals surface area (Å²) in [4.78, 5) is 6.94. The van der Waals surface area contributed by atoms with Gasteiger partial charge in [-0.2, -0.15) is 0 Å². The van der Waals surface area contributed by atoms with E-state index in [-0.39, 0.29) is 5.82 Å². The fourth-order valence-electron chi connectivity index (χ4n) is 4.11. The molecule has 31 heavy (non-hydrogen) atoms. The number of halogens is 1. The highest BCUT2D eigenvalue weighted by molar-refractivity contribution is 7.97. The first-order valence-corrected chi connectivity index (χ1v) is 12.2. The number of H-pyrrole nitrogens is 1. The molecule has 1 aromatic heterocycles. The molecule has 2 aromatic carbocycles. The Morgan fingerprint density at radius 1 is 1.03 bits per heavy atom. The van der Waals surface area contributed by atoms with Gasteiger partial charge >= 0.3 is 0 Å². The first-order chi connectivity index (χ1) is 15.3. The Labute approximate surface area is 188 Å². The molecule has 166 valence electrons. The maximum Gasteiger partial charge on any atom is 0.123 e. The number of fused-ring (bicyclic) bond motifs is 1. The topological polar surface area (TPSA) is 40.3 Å². The average Bonchev–Trinajstić information content (AvgIpc) is 3.20. The molecule has 0 saturated carbocycles. The number of rotatable bonds is 11. The second-order valence-corrected chi connectivity index (χ2v) is 9.14. The van der Waals surface area contributed by atoms with E-state index in [1.807, 2.05) is 18.3 Å². The summed E-state index contributed by atoms with van der Waals surface area (Å²) in [6, 6.07) is 13.2.